The Morgan fingerprint density at radius 2 is 2.04 bits per heavy atom. The second kappa shape index (κ2) is 11.0. The van der Waals surface area contributed by atoms with E-state index in [9.17, 15) is 4.79 Å². The molecule has 1 heterocycles. The number of hydrogen-bond acceptors (Lipinski definition) is 4. The second-order valence-corrected chi connectivity index (χ2v) is 8.19. The van der Waals surface area contributed by atoms with E-state index in [1.807, 2.05) is 25.7 Å². The van der Waals surface area contributed by atoms with E-state index in [1.165, 1.54) is 4.88 Å². The van der Waals surface area contributed by atoms with Gasteiger partial charge in [0.1, 0.15) is 5.60 Å². The van der Waals surface area contributed by atoms with Crippen LogP contribution >= 0.6 is 35.3 Å². The van der Waals surface area contributed by atoms with Gasteiger partial charge in [0.25, 0.3) is 0 Å². The molecule has 1 saturated carbocycles. The Balaban J connectivity index is 0.00000338. The van der Waals surface area contributed by atoms with Gasteiger partial charge in [0.05, 0.1) is 0 Å². The lowest BCUT2D eigenvalue weighted by Gasteiger charge is -2.27. The molecular formula is C18H31IN4O2S. The third-order valence-electron chi connectivity index (χ3n) is 3.73. The zero-order chi connectivity index (χ0) is 18.3. The van der Waals surface area contributed by atoms with Crippen molar-refractivity contribution in [3.63, 3.8) is 0 Å². The molecule has 1 aliphatic carbocycles. The van der Waals surface area contributed by atoms with Crippen molar-refractivity contribution < 1.29 is 9.53 Å². The molecule has 0 bridgehead atoms. The molecule has 1 aromatic heterocycles. The second-order valence-electron chi connectivity index (χ2n) is 7.16. The molecule has 0 atom stereocenters. The molecule has 2 rings (SSSR count). The maximum atomic E-state index is 12.3. The highest BCUT2D eigenvalue weighted by molar-refractivity contribution is 14.0. The van der Waals surface area contributed by atoms with Crippen LogP contribution in [-0.2, 0) is 11.2 Å². The fourth-order valence-electron chi connectivity index (χ4n) is 2.40. The van der Waals surface area contributed by atoms with Crippen LogP contribution in [0.3, 0.4) is 0 Å². The predicted octanol–water partition coefficient (Wildman–Crippen LogP) is 3.47. The zero-order valence-electron chi connectivity index (χ0n) is 16.1. The summed E-state index contributed by atoms with van der Waals surface area (Å²) in [6, 6.07) is 4.53. The van der Waals surface area contributed by atoms with E-state index < -0.39 is 5.60 Å². The number of aliphatic imine (C=N–C) groups is 1. The number of thiophene rings is 1. The summed E-state index contributed by atoms with van der Waals surface area (Å²) in [4.78, 5) is 19.7. The first-order valence-electron chi connectivity index (χ1n) is 8.85. The lowest BCUT2D eigenvalue weighted by atomic mass is 10.2. The Kier molecular flexibility index (Phi) is 9.70. The summed E-state index contributed by atoms with van der Waals surface area (Å²) in [7, 11) is 1.76. The van der Waals surface area contributed by atoms with Crippen LogP contribution in [0.25, 0.3) is 0 Å². The number of nitrogens with one attached hydrogen (secondary N) is 2. The zero-order valence-corrected chi connectivity index (χ0v) is 19.2. The molecule has 0 spiro atoms. The van der Waals surface area contributed by atoms with Crippen molar-refractivity contribution in [2.45, 2.75) is 51.7 Å². The summed E-state index contributed by atoms with van der Waals surface area (Å²) in [6.45, 7) is 7.78. The Bertz CT molecular complexity index is 568. The lowest BCUT2D eigenvalue weighted by Crippen LogP contribution is -2.45. The fraction of sp³-hybridized carbons (Fsp3) is 0.667. The average Bonchev–Trinajstić information content (AvgIpc) is 3.23. The molecule has 0 unspecified atom stereocenters. The maximum Gasteiger partial charge on any atom is 0.410 e. The topological polar surface area (TPSA) is 66.0 Å². The number of halogens is 1. The van der Waals surface area contributed by atoms with Crippen LogP contribution in [0.1, 0.15) is 38.5 Å². The highest BCUT2D eigenvalue weighted by Gasteiger charge is 2.34. The van der Waals surface area contributed by atoms with Gasteiger partial charge in [0.15, 0.2) is 5.96 Å². The SMILES string of the molecule is CN=C(NCCc1cccs1)NCCN(C(=O)OC(C)(C)C)C1CC1.I. The normalized spacial score (nSPS) is 14.4. The first-order chi connectivity index (χ1) is 11.9. The first-order valence-corrected chi connectivity index (χ1v) is 9.73. The molecule has 1 fully saturated rings. The third-order valence-corrected chi connectivity index (χ3v) is 4.66. The Labute approximate surface area is 177 Å². The van der Waals surface area contributed by atoms with Gasteiger partial charge in [-0.25, -0.2) is 4.79 Å². The molecule has 0 radical (unpaired) electrons. The molecule has 148 valence electrons. The molecule has 26 heavy (non-hydrogen) atoms. The van der Waals surface area contributed by atoms with Crippen LogP contribution in [0.2, 0.25) is 0 Å². The van der Waals surface area contributed by atoms with E-state index in [-0.39, 0.29) is 30.1 Å². The van der Waals surface area contributed by atoms with E-state index in [0.717, 1.165) is 31.8 Å². The number of carbonyl (C=O) groups excluding carboxylic acids is 1. The number of hydrogen-bond donors (Lipinski definition) is 2. The molecule has 0 saturated heterocycles. The Hall–Kier alpha value is -1.03. The van der Waals surface area contributed by atoms with Gasteiger partial charge in [0, 0.05) is 37.6 Å². The van der Waals surface area contributed by atoms with Crippen molar-refractivity contribution in [2.75, 3.05) is 26.7 Å². The fourth-order valence-corrected chi connectivity index (χ4v) is 3.11. The number of amides is 1. The molecule has 0 aliphatic heterocycles. The minimum Gasteiger partial charge on any atom is -0.444 e. The highest BCUT2D eigenvalue weighted by Crippen LogP contribution is 2.27. The van der Waals surface area contributed by atoms with Crippen molar-refractivity contribution in [3.05, 3.63) is 22.4 Å². The Morgan fingerprint density at radius 1 is 1.35 bits per heavy atom. The molecule has 8 heteroatoms. The van der Waals surface area contributed by atoms with E-state index in [1.54, 1.807) is 18.4 Å². The number of guanidine groups is 1. The van der Waals surface area contributed by atoms with Crippen LogP contribution in [0.5, 0.6) is 0 Å². The van der Waals surface area contributed by atoms with Gasteiger partial charge in [-0.1, -0.05) is 6.07 Å². The van der Waals surface area contributed by atoms with Crippen LogP contribution < -0.4 is 10.6 Å². The van der Waals surface area contributed by atoms with Crippen LogP contribution in [-0.4, -0.2) is 55.3 Å². The predicted molar refractivity (Wildman–Crippen MR) is 119 cm³/mol. The summed E-state index contributed by atoms with van der Waals surface area (Å²) in [5.41, 5.74) is -0.461. The third kappa shape index (κ3) is 8.57. The van der Waals surface area contributed by atoms with Crippen LogP contribution in [0.4, 0.5) is 4.79 Å². The highest BCUT2D eigenvalue weighted by atomic mass is 127. The van der Waals surface area contributed by atoms with Gasteiger partial charge in [-0.05, 0) is 51.5 Å². The first kappa shape index (κ1) is 23.0. The van der Waals surface area contributed by atoms with Crippen molar-refractivity contribution in [1.82, 2.24) is 15.5 Å². The van der Waals surface area contributed by atoms with Crippen molar-refractivity contribution in [3.8, 4) is 0 Å². The molecule has 1 amide bonds. The summed E-state index contributed by atoms with van der Waals surface area (Å²) in [5, 5.41) is 8.67. The quantitative estimate of drug-likeness (QED) is 0.346. The number of ether oxygens (including phenoxy) is 1. The van der Waals surface area contributed by atoms with Crippen LogP contribution in [0, 0.1) is 0 Å². The monoisotopic (exact) mass is 494 g/mol. The number of rotatable bonds is 7. The summed E-state index contributed by atoms with van der Waals surface area (Å²) < 4.78 is 5.51. The minimum atomic E-state index is -0.461. The standard InChI is InChI=1S/C18H30N4O2S.HI/c1-18(2,3)24-17(23)22(14-7-8-14)12-11-21-16(19-4)20-10-9-15-6-5-13-25-15;/h5-6,13-14H,7-12H2,1-4H3,(H2,19,20,21);1H. The van der Waals surface area contributed by atoms with E-state index in [2.05, 4.69) is 33.1 Å². The smallest absolute Gasteiger partial charge is 0.410 e. The lowest BCUT2D eigenvalue weighted by molar-refractivity contribution is 0.0238. The largest absolute Gasteiger partial charge is 0.444 e. The number of carbonyl (C=O) groups is 1. The summed E-state index contributed by atoms with van der Waals surface area (Å²) in [5.74, 6) is 0.761. The van der Waals surface area contributed by atoms with E-state index in [0.29, 0.717) is 19.1 Å². The Morgan fingerprint density at radius 3 is 2.58 bits per heavy atom. The molecule has 1 aromatic rings. The summed E-state index contributed by atoms with van der Waals surface area (Å²) in [6.07, 6.45) is 2.88. The average molecular weight is 494 g/mol. The van der Waals surface area contributed by atoms with Crippen molar-refractivity contribution >= 4 is 47.4 Å². The van der Waals surface area contributed by atoms with Gasteiger partial charge >= 0.3 is 6.09 Å². The van der Waals surface area contributed by atoms with Gasteiger partial charge in [0.2, 0.25) is 0 Å². The maximum absolute atomic E-state index is 12.3. The van der Waals surface area contributed by atoms with E-state index >= 15 is 0 Å². The molecular weight excluding hydrogens is 463 g/mol. The van der Waals surface area contributed by atoms with Crippen LogP contribution in [0.15, 0.2) is 22.5 Å². The van der Waals surface area contributed by atoms with Crippen molar-refractivity contribution in [1.29, 1.82) is 0 Å². The van der Waals surface area contributed by atoms with Gasteiger partial charge < -0.3 is 20.3 Å². The van der Waals surface area contributed by atoms with Gasteiger partial charge in [-0.15, -0.1) is 35.3 Å². The van der Waals surface area contributed by atoms with Gasteiger partial charge in [-0.2, -0.15) is 0 Å². The minimum absolute atomic E-state index is 0. The molecule has 2 N–H and O–H groups in total. The molecule has 6 nitrogen and oxygen atoms in total. The van der Waals surface area contributed by atoms with Crippen molar-refractivity contribution in [2.24, 2.45) is 4.99 Å². The molecule has 0 aromatic carbocycles. The van der Waals surface area contributed by atoms with E-state index in [4.69, 9.17) is 4.74 Å². The molecule has 1 aliphatic rings. The number of nitrogens with zero attached hydrogens (tertiary/aromatic N) is 2. The summed E-state index contributed by atoms with van der Waals surface area (Å²) >= 11 is 1.76. The van der Waals surface area contributed by atoms with Gasteiger partial charge in [-0.3, -0.25) is 4.99 Å².